The summed E-state index contributed by atoms with van der Waals surface area (Å²) in [5.41, 5.74) is -0.244. The van der Waals surface area contributed by atoms with Crippen LogP contribution in [-0.4, -0.2) is 31.8 Å². The lowest BCUT2D eigenvalue weighted by atomic mass is 9.94. The number of aliphatic hydroxyl groups is 1. The molecule has 0 saturated carbocycles. The average molecular weight is 486 g/mol. The molecule has 0 aliphatic carbocycles. The Bertz CT molecular complexity index is 1140. The summed E-state index contributed by atoms with van der Waals surface area (Å²) in [5, 5.41) is 14.0. The van der Waals surface area contributed by atoms with Crippen molar-refractivity contribution in [1.82, 2.24) is 14.3 Å². The molecule has 0 aliphatic heterocycles. The van der Waals surface area contributed by atoms with Crippen molar-refractivity contribution in [2.24, 2.45) is 5.92 Å². The first-order chi connectivity index (χ1) is 14.7. The number of hydrogen-bond donors (Lipinski definition) is 1. The van der Waals surface area contributed by atoms with Crippen LogP contribution in [-0.2, 0) is 17.9 Å². The summed E-state index contributed by atoms with van der Waals surface area (Å²) >= 11 is 13.1. The summed E-state index contributed by atoms with van der Waals surface area (Å²) in [6.07, 6.45) is -0.155. The number of aromatic nitrogens is 3. The van der Waals surface area contributed by atoms with Gasteiger partial charge in [-0.25, -0.2) is 13.9 Å². The lowest BCUT2D eigenvalue weighted by Crippen LogP contribution is -2.29. The van der Waals surface area contributed by atoms with Crippen LogP contribution in [0.2, 0.25) is 9.36 Å². The molecule has 10 heteroatoms. The molecule has 2 heterocycles. The van der Waals surface area contributed by atoms with Gasteiger partial charge in [0.15, 0.2) is 11.6 Å². The van der Waals surface area contributed by atoms with Crippen LogP contribution in [0.4, 0.5) is 4.39 Å². The SMILES string of the molecule is CC(C)Cn1c(-c2ccc(Cl)s2)nn(CC(=O)CC(CO)c2cccc(Cl)c2F)c1=O. The average Bonchev–Trinajstić information content (AvgIpc) is 3.26. The number of hydrogen-bond acceptors (Lipinski definition) is 5. The van der Waals surface area contributed by atoms with Gasteiger partial charge < -0.3 is 5.11 Å². The second kappa shape index (κ2) is 10.1. The van der Waals surface area contributed by atoms with Gasteiger partial charge in [-0.1, -0.05) is 49.2 Å². The number of thiophene rings is 1. The third-order valence-corrected chi connectivity index (χ3v) is 6.22. The number of benzene rings is 1. The van der Waals surface area contributed by atoms with E-state index in [9.17, 15) is 19.1 Å². The maximum atomic E-state index is 14.3. The third-order valence-electron chi connectivity index (χ3n) is 4.71. The molecule has 1 aromatic carbocycles. The highest BCUT2D eigenvalue weighted by Crippen LogP contribution is 2.30. The maximum absolute atomic E-state index is 14.3. The number of ketones is 1. The molecular weight excluding hydrogens is 464 g/mol. The Kier molecular flexibility index (Phi) is 7.69. The first kappa shape index (κ1) is 23.7. The van der Waals surface area contributed by atoms with E-state index in [-0.39, 0.29) is 35.3 Å². The summed E-state index contributed by atoms with van der Waals surface area (Å²) in [4.78, 5) is 26.3. The van der Waals surface area contributed by atoms with Gasteiger partial charge in [0.2, 0.25) is 0 Å². The van der Waals surface area contributed by atoms with Crippen LogP contribution in [0.1, 0.15) is 31.7 Å². The molecule has 166 valence electrons. The Morgan fingerprint density at radius 2 is 2.00 bits per heavy atom. The maximum Gasteiger partial charge on any atom is 0.346 e. The van der Waals surface area contributed by atoms with Crippen molar-refractivity contribution in [2.75, 3.05) is 6.61 Å². The van der Waals surface area contributed by atoms with E-state index < -0.39 is 24.0 Å². The van der Waals surface area contributed by atoms with E-state index in [1.54, 1.807) is 18.2 Å². The van der Waals surface area contributed by atoms with Crippen LogP contribution >= 0.6 is 34.5 Å². The van der Waals surface area contributed by atoms with Crippen LogP contribution in [0.3, 0.4) is 0 Å². The van der Waals surface area contributed by atoms with Crippen molar-refractivity contribution >= 4 is 40.3 Å². The van der Waals surface area contributed by atoms with E-state index in [0.29, 0.717) is 16.7 Å². The van der Waals surface area contributed by atoms with E-state index in [4.69, 9.17) is 23.2 Å². The molecule has 0 bridgehead atoms. The quantitative estimate of drug-likeness (QED) is 0.479. The number of nitrogens with zero attached hydrogens (tertiary/aromatic N) is 3. The zero-order chi connectivity index (χ0) is 22.7. The molecule has 0 aliphatic rings. The van der Waals surface area contributed by atoms with Gasteiger partial charge in [0.05, 0.1) is 20.8 Å². The van der Waals surface area contributed by atoms with Crippen LogP contribution in [0.25, 0.3) is 10.7 Å². The fourth-order valence-corrected chi connectivity index (χ4v) is 4.52. The number of carbonyl (C=O) groups is 1. The van der Waals surface area contributed by atoms with E-state index in [0.717, 1.165) is 9.56 Å². The Morgan fingerprint density at radius 1 is 1.26 bits per heavy atom. The third kappa shape index (κ3) is 5.44. The summed E-state index contributed by atoms with van der Waals surface area (Å²) in [6.45, 7) is 3.68. The minimum Gasteiger partial charge on any atom is -0.396 e. The van der Waals surface area contributed by atoms with Gasteiger partial charge in [-0.3, -0.25) is 9.36 Å². The molecule has 1 atom stereocenters. The Balaban J connectivity index is 1.86. The number of halogens is 3. The van der Waals surface area contributed by atoms with Crippen molar-refractivity contribution in [3.05, 3.63) is 61.6 Å². The van der Waals surface area contributed by atoms with Gasteiger partial charge in [-0.15, -0.1) is 16.4 Å². The Labute approximate surface area is 192 Å². The molecule has 2 aromatic heterocycles. The highest BCUT2D eigenvalue weighted by molar-refractivity contribution is 7.19. The monoisotopic (exact) mass is 485 g/mol. The molecule has 0 saturated heterocycles. The molecule has 31 heavy (non-hydrogen) atoms. The Hall–Kier alpha value is -2.00. The predicted molar refractivity (Wildman–Crippen MR) is 121 cm³/mol. The fraction of sp³-hybridized carbons (Fsp3) is 0.381. The van der Waals surface area contributed by atoms with Gasteiger partial charge >= 0.3 is 5.69 Å². The smallest absolute Gasteiger partial charge is 0.346 e. The largest absolute Gasteiger partial charge is 0.396 e. The fourth-order valence-electron chi connectivity index (χ4n) is 3.31. The number of aliphatic hydroxyl groups excluding tert-OH is 1. The summed E-state index contributed by atoms with van der Waals surface area (Å²) in [7, 11) is 0. The van der Waals surface area contributed by atoms with Crippen molar-refractivity contribution in [3.63, 3.8) is 0 Å². The first-order valence-electron chi connectivity index (χ1n) is 9.71. The molecular formula is C21H22Cl2FN3O3S. The predicted octanol–water partition coefficient (Wildman–Crippen LogP) is 4.61. The summed E-state index contributed by atoms with van der Waals surface area (Å²) < 4.78 is 17.5. The van der Waals surface area contributed by atoms with Gasteiger partial charge in [-0.05, 0) is 29.7 Å². The van der Waals surface area contributed by atoms with E-state index in [2.05, 4.69) is 5.10 Å². The molecule has 1 unspecified atom stereocenters. The standard InChI is InChI=1S/C21H22Cl2FN3O3S/c1-12(2)9-26-20(17-6-7-18(23)31-17)25-27(21(26)30)10-14(29)8-13(11-28)15-4-3-5-16(22)19(15)24/h3-7,12-13,28H,8-11H2,1-2H3. The van der Waals surface area contributed by atoms with E-state index in [1.807, 2.05) is 13.8 Å². The lowest BCUT2D eigenvalue weighted by molar-refractivity contribution is -0.120. The molecule has 0 amide bonds. The zero-order valence-corrected chi connectivity index (χ0v) is 19.3. The first-order valence-corrected chi connectivity index (χ1v) is 11.3. The molecule has 0 radical (unpaired) electrons. The zero-order valence-electron chi connectivity index (χ0n) is 17.0. The second-order valence-corrected chi connectivity index (χ2v) is 9.76. The van der Waals surface area contributed by atoms with Crippen LogP contribution in [0.15, 0.2) is 35.1 Å². The van der Waals surface area contributed by atoms with Crippen molar-refractivity contribution in [1.29, 1.82) is 0 Å². The number of rotatable bonds is 9. The number of carbonyl (C=O) groups excluding carboxylic acids is 1. The lowest BCUT2D eigenvalue weighted by Gasteiger charge is -2.15. The normalized spacial score (nSPS) is 12.5. The second-order valence-electron chi connectivity index (χ2n) is 7.64. The minimum absolute atomic E-state index is 0.0775. The molecule has 6 nitrogen and oxygen atoms in total. The van der Waals surface area contributed by atoms with Crippen LogP contribution < -0.4 is 5.69 Å². The molecule has 3 rings (SSSR count). The molecule has 3 aromatic rings. The number of Topliss-reactive ketones (excluding diaryl/α,β-unsaturated/α-hetero) is 1. The molecule has 0 fully saturated rings. The molecule has 0 spiro atoms. The Morgan fingerprint density at radius 3 is 2.61 bits per heavy atom. The molecule has 1 N–H and O–H groups in total. The van der Waals surface area contributed by atoms with Gasteiger partial charge in [0.25, 0.3) is 0 Å². The van der Waals surface area contributed by atoms with E-state index >= 15 is 0 Å². The topological polar surface area (TPSA) is 77.1 Å². The van der Waals surface area contributed by atoms with Gasteiger partial charge in [0.1, 0.15) is 12.4 Å². The highest BCUT2D eigenvalue weighted by Gasteiger charge is 2.23. The summed E-state index contributed by atoms with van der Waals surface area (Å²) in [6, 6.07) is 7.95. The van der Waals surface area contributed by atoms with Crippen LogP contribution in [0, 0.1) is 11.7 Å². The highest BCUT2D eigenvalue weighted by atomic mass is 35.5. The van der Waals surface area contributed by atoms with Crippen molar-refractivity contribution in [3.8, 4) is 10.7 Å². The van der Waals surface area contributed by atoms with Crippen molar-refractivity contribution in [2.45, 2.75) is 39.3 Å². The van der Waals surface area contributed by atoms with Crippen molar-refractivity contribution < 1.29 is 14.3 Å². The summed E-state index contributed by atoms with van der Waals surface area (Å²) in [5.74, 6) is -1.15. The van der Waals surface area contributed by atoms with Crippen LogP contribution in [0.5, 0.6) is 0 Å². The van der Waals surface area contributed by atoms with Gasteiger partial charge in [-0.2, -0.15) is 0 Å². The van der Waals surface area contributed by atoms with Gasteiger partial charge in [0, 0.05) is 18.9 Å². The van der Waals surface area contributed by atoms with E-state index in [1.165, 1.54) is 28.0 Å². The minimum atomic E-state index is -0.768.